The van der Waals surface area contributed by atoms with Gasteiger partial charge in [0.1, 0.15) is 24.0 Å². The van der Waals surface area contributed by atoms with Crippen molar-refractivity contribution in [3.63, 3.8) is 0 Å². The molecule has 2 unspecified atom stereocenters. The van der Waals surface area contributed by atoms with Crippen LogP contribution in [-0.2, 0) is 4.79 Å². The van der Waals surface area contributed by atoms with Crippen LogP contribution in [0.3, 0.4) is 0 Å². The van der Waals surface area contributed by atoms with E-state index in [4.69, 9.17) is 21.1 Å². The van der Waals surface area contributed by atoms with Crippen LogP contribution in [0.1, 0.15) is 17.9 Å². The number of halogens is 1. The summed E-state index contributed by atoms with van der Waals surface area (Å²) >= 11 is 7.68. The zero-order valence-electron chi connectivity index (χ0n) is 11.2. The highest BCUT2D eigenvalue weighted by atomic mass is 35.5. The van der Waals surface area contributed by atoms with Gasteiger partial charge in [-0.25, -0.2) is 0 Å². The molecule has 0 radical (unpaired) electrons. The third-order valence-electron chi connectivity index (χ3n) is 3.37. The number of nitrogens with zero attached hydrogens (tertiary/aromatic N) is 1. The number of thioether (sulfide) groups is 1. The molecule has 108 valence electrons. The summed E-state index contributed by atoms with van der Waals surface area (Å²) in [6, 6.07) is 5.88. The average molecular weight is 314 g/mol. The SMILES string of the molecule is CC(Cl)C(=O)N1CCSC1c1ccc2c(c1)OCCO2. The quantitative estimate of drug-likeness (QED) is 0.787. The summed E-state index contributed by atoms with van der Waals surface area (Å²) in [5.41, 5.74) is 1.06. The second kappa shape index (κ2) is 5.74. The predicted octanol–water partition coefficient (Wildman–Crippen LogP) is 2.66. The molecule has 0 spiro atoms. The zero-order valence-corrected chi connectivity index (χ0v) is 12.7. The Morgan fingerprint density at radius 3 is 2.90 bits per heavy atom. The Bertz CT molecular complexity index is 523. The standard InChI is InChI=1S/C14H16ClNO3S/c1-9(15)13(17)16-4-7-20-14(16)10-2-3-11-12(8-10)19-6-5-18-11/h2-3,8-9,14H,4-7H2,1H3. The maximum Gasteiger partial charge on any atom is 0.241 e. The van der Waals surface area contributed by atoms with Crippen molar-refractivity contribution in [1.82, 2.24) is 4.90 Å². The van der Waals surface area contributed by atoms with E-state index in [1.165, 1.54) is 0 Å². The Kier molecular flexibility index (Phi) is 3.98. The topological polar surface area (TPSA) is 38.8 Å². The highest BCUT2D eigenvalue weighted by Gasteiger charge is 2.33. The lowest BCUT2D eigenvalue weighted by Gasteiger charge is -2.26. The minimum atomic E-state index is -0.492. The van der Waals surface area contributed by atoms with E-state index in [1.807, 2.05) is 23.1 Å². The normalized spacial score (nSPS) is 22.7. The molecule has 1 saturated heterocycles. The fraction of sp³-hybridized carbons (Fsp3) is 0.500. The second-order valence-corrected chi connectivity index (χ2v) is 6.62. The highest BCUT2D eigenvalue weighted by molar-refractivity contribution is 7.99. The first-order valence-corrected chi connectivity index (χ1v) is 8.11. The van der Waals surface area contributed by atoms with E-state index in [0.29, 0.717) is 13.2 Å². The maximum absolute atomic E-state index is 12.1. The number of carbonyl (C=O) groups is 1. The molecule has 1 aromatic rings. The number of ether oxygens (including phenoxy) is 2. The monoisotopic (exact) mass is 313 g/mol. The second-order valence-electron chi connectivity index (χ2n) is 4.77. The van der Waals surface area contributed by atoms with Gasteiger partial charge in [-0.2, -0.15) is 0 Å². The van der Waals surface area contributed by atoms with Gasteiger partial charge >= 0.3 is 0 Å². The Balaban J connectivity index is 1.86. The van der Waals surface area contributed by atoms with Crippen LogP contribution in [-0.4, -0.2) is 41.7 Å². The summed E-state index contributed by atoms with van der Waals surface area (Å²) in [6.07, 6.45) is 0. The summed E-state index contributed by atoms with van der Waals surface area (Å²) < 4.78 is 11.1. The molecule has 0 N–H and O–H groups in total. The first-order valence-electron chi connectivity index (χ1n) is 6.62. The molecule has 0 saturated carbocycles. The van der Waals surface area contributed by atoms with E-state index in [0.717, 1.165) is 29.4 Å². The molecule has 0 aromatic heterocycles. The molecule has 1 aromatic carbocycles. The molecule has 4 nitrogen and oxygen atoms in total. The summed E-state index contributed by atoms with van der Waals surface area (Å²) in [7, 11) is 0. The van der Waals surface area contributed by atoms with Gasteiger partial charge in [-0.3, -0.25) is 4.79 Å². The molecule has 0 aliphatic carbocycles. The van der Waals surface area contributed by atoms with Crippen LogP contribution in [0.15, 0.2) is 18.2 Å². The van der Waals surface area contributed by atoms with Crippen molar-refractivity contribution in [3.8, 4) is 11.5 Å². The third-order valence-corrected chi connectivity index (χ3v) is 4.81. The molecule has 1 fully saturated rings. The fourth-order valence-corrected chi connectivity index (χ4v) is 3.79. The Labute approximate surface area is 127 Å². The van der Waals surface area contributed by atoms with Gasteiger partial charge in [-0.1, -0.05) is 6.07 Å². The average Bonchev–Trinajstić information content (AvgIpc) is 2.95. The first kappa shape index (κ1) is 13.9. The van der Waals surface area contributed by atoms with Crippen molar-refractivity contribution in [2.24, 2.45) is 0 Å². The molecule has 20 heavy (non-hydrogen) atoms. The minimum absolute atomic E-state index is 0.0135. The molecule has 0 bridgehead atoms. The van der Waals surface area contributed by atoms with E-state index in [1.54, 1.807) is 18.7 Å². The lowest BCUT2D eigenvalue weighted by molar-refractivity contribution is -0.130. The van der Waals surface area contributed by atoms with Gasteiger partial charge in [0.2, 0.25) is 5.91 Å². The van der Waals surface area contributed by atoms with E-state index >= 15 is 0 Å². The fourth-order valence-electron chi connectivity index (χ4n) is 2.41. The Morgan fingerprint density at radius 2 is 2.15 bits per heavy atom. The van der Waals surface area contributed by atoms with Crippen molar-refractivity contribution < 1.29 is 14.3 Å². The van der Waals surface area contributed by atoms with Crippen molar-refractivity contribution in [1.29, 1.82) is 0 Å². The maximum atomic E-state index is 12.1. The largest absolute Gasteiger partial charge is 0.486 e. The number of carbonyl (C=O) groups excluding carboxylic acids is 1. The smallest absolute Gasteiger partial charge is 0.241 e. The summed E-state index contributed by atoms with van der Waals surface area (Å²) in [5.74, 6) is 2.43. The van der Waals surface area contributed by atoms with Crippen molar-refractivity contribution in [3.05, 3.63) is 23.8 Å². The van der Waals surface area contributed by atoms with Gasteiger partial charge in [0.05, 0.1) is 0 Å². The van der Waals surface area contributed by atoms with Crippen LogP contribution in [0, 0.1) is 0 Å². The molecule has 1 amide bonds. The van der Waals surface area contributed by atoms with Crippen LogP contribution in [0.4, 0.5) is 0 Å². The van der Waals surface area contributed by atoms with Crippen LogP contribution in [0.25, 0.3) is 0 Å². The van der Waals surface area contributed by atoms with Crippen LogP contribution < -0.4 is 9.47 Å². The molecule has 3 rings (SSSR count). The van der Waals surface area contributed by atoms with Crippen LogP contribution in [0.5, 0.6) is 11.5 Å². The van der Waals surface area contributed by atoms with Crippen LogP contribution in [0.2, 0.25) is 0 Å². The van der Waals surface area contributed by atoms with E-state index in [2.05, 4.69) is 0 Å². The van der Waals surface area contributed by atoms with E-state index < -0.39 is 5.38 Å². The van der Waals surface area contributed by atoms with Gasteiger partial charge in [0.15, 0.2) is 11.5 Å². The number of hydrogen-bond donors (Lipinski definition) is 0. The van der Waals surface area contributed by atoms with Crippen molar-refractivity contribution >= 4 is 29.3 Å². The van der Waals surface area contributed by atoms with Crippen molar-refractivity contribution in [2.45, 2.75) is 17.7 Å². The minimum Gasteiger partial charge on any atom is -0.486 e. The molecule has 2 aliphatic rings. The number of alkyl halides is 1. The predicted molar refractivity (Wildman–Crippen MR) is 79.7 cm³/mol. The molecule has 2 aliphatic heterocycles. The van der Waals surface area contributed by atoms with Gasteiger partial charge in [-0.05, 0) is 24.6 Å². The number of hydrogen-bond acceptors (Lipinski definition) is 4. The number of benzene rings is 1. The van der Waals surface area contributed by atoms with Gasteiger partial charge in [0.25, 0.3) is 0 Å². The summed E-state index contributed by atoms with van der Waals surface area (Å²) in [5, 5.41) is -0.479. The molecule has 2 heterocycles. The molecule has 6 heteroatoms. The Morgan fingerprint density at radius 1 is 1.40 bits per heavy atom. The highest BCUT2D eigenvalue weighted by Crippen LogP contribution is 2.42. The van der Waals surface area contributed by atoms with Crippen molar-refractivity contribution in [2.75, 3.05) is 25.5 Å². The lowest BCUT2D eigenvalue weighted by Crippen LogP contribution is -2.35. The Hall–Kier alpha value is -1.07. The first-order chi connectivity index (χ1) is 9.66. The van der Waals surface area contributed by atoms with E-state index in [-0.39, 0.29) is 11.3 Å². The molecular formula is C14H16ClNO3S. The third kappa shape index (κ3) is 2.56. The lowest BCUT2D eigenvalue weighted by atomic mass is 10.1. The zero-order chi connectivity index (χ0) is 14.1. The molecular weight excluding hydrogens is 298 g/mol. The summed E-state index contributed by atoms with van der Waals surface area (Å²) in [4.78, 5) is 14.0. The van der Waals surface area contributed by atoms with Gasteiger partial charge in [0, 0.05) is 12.3 Å². The number of amides is 1. The molecule has 2 atom stereocenters. The van der Waals surface area contributed by atoms with Gasteiger partial charge < -0.3 is 14.4 Å². The van der Waals surface area contributed by atoms with E-state index in [9.17, 15) is 4.79 Å². The summed E-state index contributed by atoms with van der Waals surface area (Å²) in [6.45, 7) is 3.60. The number of rotatable bonds is 2. The van der Waals surface area contributed by atoms with Gasteiger partial charge in [-0.15, -0.1) is 23.4 Å². The van der Waals surface area contributed by atoms with Crippen LogP contribution >= 0.6 is 23.4 Å². The number of fused-ring (bicyclic) bond motifs is 1.